The Bertz CT molecular complexity index is 619. The van der Waals surface area contributed by atoms with Crippen LogP contribution in [0.25, 0.3) is 10.8 Å². The maximum Gasteiger partial charge on any atom is 0.150 e. The highest BCUT2D eigenvalue weighted by atomic mass is 16.1. The molecule has 0 atom stereocenters. The van der Waals surface area contributed by atoms with E-state index in [1.807, 2.05) is 79.2 Å². The fourth-order valence-corrected chi connectivity index (χ4v) is 1.76. The first-order valence-corrected chi connectivity index (χ1v) is 6.09. The molecule has 2 aromatic carbocycles. The summed E-state index contributed by atoms with van der Waals surface area (Å²) in [6.07, 6.45) is 12.5. The summed E-state index contributed by atoms with van der Waals surface area (Å²) in [5.74, 6) is 0. The number of allylic oxidation sites excluding steroid dienone is 4. The van der Waals surface area contributed by atoms with Crippen LogP contribution in [-0.2, 0) is 0 Å². The molecule has 0 saturated carbocycles. The molecule has 1 N–H and O–H groups in total. The molecule has 0 fully saturated rings. The van der Waals surface area contributed by atoms with Crippen LogP contribution in [0.1, 0.15) is 10.4 Å². The Hall–Kier alpha value is -2.61. The number of hydrogen-bond donors (Lipinski definition) is 1. The molecular weight excluding hydrogens is 234 g/mol. The van der Waals surface area contributed by atoms with E-state index in [4.69, 9.17) is 0 Å². The first-order valence-electron chi connectivity index (χ1n) is 6.09. The zero-order valence-electron chi connectivity index (χ0n) is 10.5. The number of fused-ring (bicyclic) bond motifs is 1. The van der Waals surface area contributed by atoms with Gasteiger partial charge in [0.05, 0.1) is 0 Å². The summed E-state index contributed by atoms with van der Waals surface area (Å²) in [4.78, 5) is 10.6. The maximum atomic E-state index is 10.6. The van der Waals surface area contributed by atoms with Crippen molar-refractivity contribution in [3.05, 3.63) is 84.7 Å². The molecule has 1 heterocycles. The van der Waals surface area contributed by atoms with Crippen LogP contribution in [0.3, 0.4) is 0 Å². The van der Waals surface area contributed by atoms with Gasteiger partial charge < -0.3 is 5.32 Å². The average Bonchev–Trinajstić information content (AvgIpc) is 2.80. The molecule has 0 saturated heterocycles. The average molecular weight is 249 g/mol. The summed E-state index contributed by atoms with van der Waals surface area (Å²) in [6.45, 7) is 0. The SMILES string of the molecule is C1=CC=CNC=C1.O=Cc1cccc2ccccc12. The van der Waals surface area contributed by atoms with Crippen molar-refractivity contribution in [2.75, 3.05) is 0 Å². The number of benzene rings is 2. The lowest BCUT2D eigenvalue weighted by molar-refractivity contribution is 0.112. The number of carbonyl (C=O) groups is 1. The van der Waals surface area contributed by atoms with E-state index in [0.717, 1.165) is 22.6 Å². The summed E-state index contributed by atoms with van der Waals surface area (Å²) in [5.41, 5.74) is 0.758. The second-order valence-electron chi connectivity index (χ2n) is 3.96. The molecule has 3 rings (SSSR count). The summed E-state index contributed by atoms with van der Waals surface area (Å²) in [5, 5.41) is 5.06. The molecule has 0 bridgehead atoms. The lowest BCUT2D eigenvalue weighted by atomic mass is 10.1. The maximum absolute atomic E-state index is 10.6. The minimum absolute atomic E-state index is 0.758. The number of nitrogens with one attached hydrogen (secondary N) is 1. The van der Waals surface area contributed by atoms with Crippen molar-refractivity contribution in [2.45, 2.75) is 0 Å². The van der Waals surface area contributed by atoms with Crippen LogP contribution in [0, 0.1) is 0 Å². The first-order chi connectivity index (χ1) is 9.42. The first kappa shape index (κ1) is 12.8. The highest BCUT2D eigenvalue weighted by Crippen LogP contribution is 2.16. The predicted octanol–water partition coefficient (Wildman–Crippen LogP) is 3.83. The Morgan fingerprint density at radius 3 is 2.21 bits per heavy atom. The zero-order valence-corrected chi connectivity index (χ0v) is 10.5. The van der Waals surface area contributed by atoms with Crippen LogP contribution >= 0.6 is 0 Å². The van der Waals surface area contributed by atoms with Gasteiger partial charge in [-0.25, -0.2) is 0 Å². The largest absolute Gasteiger partial charge is 0.368 e. The Kier molecular flexibility index (Phi) is 4.71. The van der Waals surface area contributed by atoms with Gasteiger partial charge in [-0.1, -0.05) is 54.6 Å². The molecule has 0 spiro atoms. The normalized spacial score (nSPS) is 12.2. The molecule has 2 heteroatoms. The minimum atomic E-state index is 0.758. The van der Waals surface area contributed by atoms with Gasteiger partial charge >= 0.3 is 0 Å². The van der Waals surface area contributed by atoms with Gasteiger partial charge in [0.1, 0.15) is 0 Å². The minimum Gasteiger partial charge on any atom is -0.368 e. The molecule has 0 aliphatic carbocycles. The van der Waals surface area contributed by atoms with Crippen LogP contribution in [0.5, 0.6) is 0 Å². The molecule has 2 aromatic rings. The van der Waals surface area contributed by atoms with E-state index in [0.29, 0.717) is 0 Å². The number of aldehydes is 1. The van der Waals surface area contributed by atoms with Gasteiger partial charge in [-0.05, 0) is 22.9 Å². The highest BCUT2D eigenvalue weighted by molar-refractivity contribution is 5.97. The van der Waals surface area contributed by atoms with Crippen LogP contribution in [0.2, 0.25) is 0 Å². The second kappa shape index (κ2) is 6.97. The second-order valence-corrected chi connectivity index (χ2v) is 3.96. The lowest BCUT2D eigenvalue weighted by Gasteiger charge is -1.98. The molecule has 94 valence electrons. The topological polar surface area (TPSA) is 29.1 Å². The van der Waals surface area contributed by atoms with Crippen LogP contribution in [0.4, 0.5) is 0 Å². The van der Waals surface area contributed by atoms with E-state index >= 15 is 0 Å². The van der Waals surface area contributed by atoms with E-state index in [9.17, 15) is 4.79 Å². The number of carbonyl (C=O) groups excluding carboxylic acids is 1. The Labute approximate surface area is 112 Å². The van der Waals surface area contributed by atoms with Crippen molar-refractivity contribution in [1.29, 1.82) is 0 Å². The fourth-order valence-electron chi connectivity index (χ4n) is 1.76. The van der Waals surface area contributed by atoms with Crippen LogP contribution in [0.15, 0.2) is 79.2 Å². The van der Waals surface area contributed by atoms with E-state index < -0.39 is 0 Å². The monoisotopic (exact) mass is 249 g/mol. The Morgan fingerprint density at radius 1 is 0.789 bits per heavy atom. The zero-order chi connectivity index (χ0) is 13.3. The van der Waals surface area contributed by atoms with Crippen molar-refractivity contribution in [1.82, 2.24) is 5.32 Å². The van der Waals surface area contributed by atoms with Gasteiger partial charge in [-0.2, -0.15) is 0 Å². The fraction of sp³-hybridized carbons (Fsp3) is 0. The van der Waals surface area contributed by atoms with Gasteiger partial charge in [-0.3, -0.25) is 4.79 Å². The van der Waals surface area contributed by atoms with Crippen molar-refractivity contribution in [3.8, 4) is 0 Å². The molecule has 0 unspecified atom stereocenters. The quantitative estimate of drug-likeness (QED) is 0.778. The van der Waals surface area contributed by atoms with E-state index in [2.05, 4.69) is 5.32 Å². The molecule has 0 amide bonds. The predicted molar refractivity (Wildman–Crippen MR) is 79.9 cm³/mol. The van der Waals surface area contributed by atoms with Crippen LogP contribution in [-0.4, -0.2) is 6.29 Å². The standard InChI is InChI=1S/C11H8O.C6H7N/c12-8-10-6-3-5-9-4-1-2-7-11(9)10;1-2-4-6-7-5-3-1/h1-8H;1-7H. The van der Waals surface area contributed by atoms with Gasteiger partial charge in [0.2, 0.25) is 0 Å². The molecule has 0 aromatic heterocycles. The van der Waals surface area contributed by atoms with Gasteiger partial charge in [0.15, 0.2) is 6.29 Å². The van der Waals surface area contributed by atoms with Crippen molar-refractivity contribution in [2.24, 2.45) is 0 Å². The summed E-state index contributed by atoms with van der Waals surface area (Å²) in [6, 6.07) is 13.6. The summed E-state index contributed by atoms with van der Waals surface area (Å²) >= 11 is 0. The molecular formula is C17H15NO. The van der Waals surface area contributed by atoms with Crippen LogP contribution < -0.4 is 5.32 Å². The van der Waals surface area contributed by atoms with E-state index in [-0.39, 0.29) is 0 Å². The molecule has 0 radical (unpaired) electrons. The van der Waals surface area contributed by atoms with Gasteiger partial charge in [0.25, 0.3) is 0 Å². The molecule has 1 aliphatic heterocycles. The van der Waals surface area contributed by atoms with Gasteiger partial charge in [-0.15, -0.1) is 0 Å². The smallest absolute Gasteiger partial charge is 0.150 e. The third-order valence-electron chi connectivity index (χ3n) is 2.67. The Morgan fingerprint density at radius 2 is 1.47 bits per heavy atom. The van der Waals surface area contributed by atoms with Crippen molar-refractivity contribution >= 4 is 17.1 Å². The van der Waals surface area contributed by atoms with E-state index in [1.165, 1.54) is 0 Å². The third-order valence-corrected chi connectivity index (χ3v) is 2.67. The number of rotatable bonds is 1. The highest BCUT2D eigenvalue weighted by Gasteiger charge is 1.96. The lowest BCUT2D eigenvalue weighted by Crippen LogP contribution is -1.87. The molecule has 2 nitrogen and oxygen atoms in total. The summed E-state index contributed by atoms with van der Waals surface area (Å²) in [7, 11) is 0. The van der Waals surface area contributed by atoms with Crippen molar-refractivity contribution in [3.63, 3.8) is 0 Å². The van der Waals surface area contributed by atoms with E-state index in [1.54, 1.807) is 0 Å². The van der Waals surface area contributed by atoms with Gasteiger partial charge in [0, 0.05) is 18.0 Å². The molecule has 1 aliphatic rings. The number of hydrogen-bond acceptors (Lipinski definition) is 2. The summed E-state index contributed by atoms with van der Waals surface area (Å²) < 4.78 is 0. The molecule has 19 heavy (non-hydrogen) atoms. The third kappa shape index (κ3) is 3.68. The van der Waals surface area contributed by atoms with Crippen molar-refractivity contribution < 1.29 is 4.79 Å². The Balaban J connectivity index is 0.000000163.